The van der Waals surface area contributed by atoms with Crippen LogP contribution in [0, 0.1) is 17.2 Å². The summed E-state index contributed by atoms with van der Waals surface area (Å²) in [6.45, 7) is 0. The molecule has 1 aromatic rings. The van der Waals surface area contributed by atoms with Crippen LogP contribution in [0.1, 0.15) is 42.7 Å². The van der Waals surface area contributed by atoms with E-state index in [1.807, 2.05) is 0 Å². The molecule has 0 aromatic carbocycles. The van der Waals surface area contributed by atoms with Gasteiger partial charge in [-0.25, -0.2) is 0 Å². The van der Waals surface area contributed by atoms with Gasteiger partial charge < -0.3 is 9.73 Å². The minimum Gasteiger partial charge on any atom is -0.446 e. The van der Waals surface area contributed by atoms with E-state index in [9.17, 15) is 9.59 Å². The number of nitrogens with one attached hydrogen (secondary N) is 1. The van der Waals surface area contributed by atoms with Gasteiger partial charge in [0.05, 0.1) is 6.07 Å². The van der Waals surface area contributed by atoms with Crippen LogP contribution in [0.3, 0.4) is 0 Å². The number of hydrogen-bond acceptors (Lipinski definition) is 4. The van der Waals surface area contributed by atoms with Crippen molar-refractivity contribution in [3.63, 3.8) is 0 Å². The molecule has 2 rings (SSSR count). The largest absolute Gasteiger partial charge is 0.446 e. The van der Waals surface area contributed by atoms with E-state index in [0.29, 0.717) is 4.67 Å². The van der Waals surface area contributed by atoms with Crippen LogP contribution in [0.15, 0.2) is 21.2 Å². The van der Waals surface area contributed by atoms with Gasteiger partial charge in [-0.15, -0.1) is 0 Å². The first-order chi connectivity index (χ1) is 9.61. The van der Waals surface area contributed by atoms with E-state index in [-0.39, 0.29) is 11.8 Å². The maximum Gasteiger partial charge on any atom is 0.245 e. The average molecular weight is 339 g/mol. The third-order valence-corrected chi connectivity index (χ3v) is 3.85. The molecule has 5 nitrogen and oxygen atoms in total. The lowest BCUT2D eigenvalue weighted by molar-refractivity contribution is -0.123. The van der Waals surface area contributed by atoms with Gasteiger partial charge in [0, 0.05) is 6.04 Å². The Bertz CT molecular complexity index is 541. The lowest BCUT2D eigenvalue weighted by atomic mass is 9.94. The second kappa shape index (κ2) is 6.71. The predicted octanol–water partition coefficient (Wildman–Crippen LogP) is 2.81. The van der Waals surface area contributed by atoms with Crippen LogP contribution >= 0.6 is 15.9 Å². The Labute approximate surface area is 125 Å². The molecule has 1 amide bonds. The molecule has 0 bridgehead atoms. The van der Waals surface area contributed by atoms with Crippen LogP contribution in [0.25, 0.3) is 0 Å². The maximum atomic E-state index is 12.1. The lowest BCUT2D eigenvalue weighted by Crippen LogP contribution is -2.41. The molecule has 20 heavy (non-hydrogen) atoms. The molecular formula is C14H15BrN2O3. The standard InChI is InChI=1S/C14H15BrN2O3/c15-12-7-6-11(20-12)13(18)10(8-16)14(19)17-9-4-2-1-3-5-9/h6-7,9-10H,1-5H2,(H,17,19)/t10-/m1/s1. The molecule has 1 saturated carbocycles. The number of rotatable bonds is 4. The Kier molecular flexibility index (Phi) is 4.96. The zero-order valence-corrected chi connectivity index (χ0v) is 12.5. The quantitative estimate of drug-likeness (QED) is 0.675. The fourth-order valence-corrected chi connectivity index (χ4v) is 2.66. The highest BCUT2D eigenvalue weighted by molar-refractivity contribution is 9.10. The minimum atomic E-state index is -1.35. The summed E-state index contributed by atoms with van der Waals surface area (Å²) >= 11 is 3.09. The number of furan rings is 1. The normalized spacial score (nSPS) is 17.2. The Morgan fingerprint density at radius 3 is 2.60 bits per heavy atom. The molecule has 6 heteroatoms. The molecule has 1 atom stereocenters. The van der Waals surface area contributed by atoms with Crippen molar-refractivity contribution in [3.8, 4) is 6.07 Å². The SMILES string of the molecule is N#C[C@@H](C(=O)NC1CCCCC1)C(=O)c1ccc(Br)o1. The third kappa shape index (κ3) is 3.48. The minimum absolute atomic E-state index is 0.0159. The Hall–Kier alpha value is -1.61. The number of nitrogens with zero attached hydrogens (tertiary/aromatic N) is 1. The van der Waals surface area contributed by atoms with Crippen molar-refractivity contribution in [2.75, 3.05) is 0 Å². The van der Waals surface area contributed by atoms with E-state index in [0.717, 1.165) is 25.7 Å². The van der Waals surface area contributed by atoms with Gasteiger partial charge in [0.1, 0.15) is 0 Å². The summed E-state index contributed by atoms with van der Waals surface area (Å²) in [7, 11) is 0. The summed E-state index contributed by atoms with van der Waals surface area (Å²) in [6, 6.07) is 4.84. The fourth-order valence-electron chi connectivity index (χ4n) is 2.36. The summed E-state index contributed by atoms with van der Waals surface area (Å²) in [5, 5.41) is 11.9. The van der Waals surface area contributed by atoms with E-state index >= 15 is 0 Å². The molecule has 1 aromatic heterocycles. The Balaban J connectivity index is 2.02. The van der Waals surface area contributed by atoms with Gasteiger partial charge >= 0.3 is 0 Å². The monoisotopic (exact) mass is 338 g/mol. The number of Topliss-reactive ketones (excluding diaryl/α,β-unsaturated/α-hetero) is 1. The highest BCUT2D eigenvalue weighted by Crippen LogP contribution is 2.20. The topological polar surface area (TPSA) is 83.1 Å². The lowest BCUT2D eigenvalue weighted by Gasteiger charge is -2.23. The molecule has 1 N–H and O–H groups in total. The van der Waals surface area contributed by atoms with Gasteiger partial charge in [0.15, 0.2) is 16.3 Å². The summed E-state index contributed by atoms with van der Waals surface area (Å²) < 4.78 is 5.50. The number of ketones is 1. The molecule has 0 saturated heterocycles. The summed E-state index contributed by atoms with van der Waals surface area (Å²) in [5.41, 5.74) is 0. The van der Waals surface area contributed by atoms with Gasteiger partial charge in [-0.1, -0.05) is 19.3 Å². The number of nitriles is 1. The van der Waals surface area contributed by atoms with Gasteiger partial charge in [-0.05, 0) is 40.9 Å². The van der Waals surface area contributed by atoms with Crippen molar-refractivity contribution in [2.45, 2.75) is 38.1 Å². The predicted molar refractivity (Wildman–Crippen MR) is 74.9 cm³/mol. The number of carbonyl (C=O) groups is 2. The third-order valence-electron chi connectivity index (χ3n) is 3.42. The van der Waals surface area contributed by atoms with Crippen molar-refractivity contribution in [3.05, 3.63) is 22.6 Å². The van der Waals surface area contributed by atoms with E-state index in [1.54, 1.807) is 12.1 Å². The number of carbonyl (C=O) groups excluding carboxylic acids is 2. The van der Waals surface area contributed by atoms with E-state index in [2.05, 4.69) is 21.2 Å². The second-order valence-electron chi connectivity index (χ2n) is 4.87. The van der Waals surface area contributed by atoms with Crippen molar-refractivity contribution in [1.82, 2.24) is 5.32 Å². The molecule has 1 aliphatic rings. The summed E-state index contributed by atoms with van der Waals surface area (Å²) in [6.07, 6.45) is 5.13. The summed E-state index contributed by atoms with van der Waals surface area (Å²) in [5.74, 6) is -2.47. The van der Waals surface area contributed by atoms with Gasteiger partial charge in [-0.2, -0.15) is 5.26 Å². The first-order valence-corrected chi connectivity index (χ1v) is 7.40. The highest BCUT2D eigenvalue weighted by atomic mass is 79.9. The fraction of sp³-hybridized carbons (Fsp3) is 0.500. The van der Waals surface area contributed by atoms with Gasteiger partial charge in [0.25, 0.3) is 0 Å². The van der Waals surface area contributed by atoms with Crippen LogP contribution in [-0.4, -0.2) is 17.7 Å². The zero-order chi connectivity index (χ0) is 14.5. The number of hydrogen-bond donors (Lipinski definition) is 1. The van der Waals surface area contributed by atoms with Crippen LogP contribution in [-0.2, 0) is 4.79 Å². The zero-order valence-electron chi connectivity index (χ0n) is 10.9. The van der Waals surface area contributed by atoms with E-state index in [1.165, 1.54) is 12.5 Å². The highest BCUT2D eigenvalue weighted by Gasteiger charge is 2.31. The smallest absolute Gasteiger partial charge is 0.245 e. The van der Waals surface area contributed by atoms with E-state index < -0.39 is 17.6 Å². The molecule has 0 spiro atoms. The maximum absolute atomic E-state index is 12.1. The average Bonchev–Trinajstić information content (AvgIpc) is 2.87. The molecule has 1 heterocycles. The van der Waals surface area contributed by atoms with Crippen LogP contribution in [0.2, 0.25) is 0 Å². The molecule has 0 unspecified atom stereocenters. The van der Waals surface area contributed by atoms with Crippen LogP contribution in [0.4, 0.5) is 0 Å². The van der Waals surface area contributed by atoms with Gasteiger partial charge in [0.2, 0.25) is 11.7 Å². The second-order valence-corrected chi connectivity index (χ2v) is 5.66. The Morgan fingerprint density at radius 2 is 2.05 bits per heavy atom. The number of amides is 1. The molecule has 1 fully saturated rings. The first kappa shape index (κ1) is 14.8. The van der Waals surface area contributed by atoms with Gasteiger partial charge in [-0.3, -0.25) is 9.59 Å². The Morgan fingerprint density at radius 1 is 1.35 bits per heavy atom. The van der Waals surface area contributed by atoms with Crippen molar-refractivity contribution in [1.29, 1.82) is 5.26 Å². The molecular weight excluding hydrogens is 324 g/mol. The van der Waals surface area contributed by atoms with E-state index in [4.69, 9.17) is 9.68 Å². The van der Waals surface area contributed by atoms with Crippen molar-refractivity contribution in [2.24, 2.45) is 5.92 Å². The summed E-state index contributed by atoms with van der Waals surface area (Å²) in [4.78, 5) is 24.1. The van der Waals surface area contributed by atoms with Crippen molar-refractivity contribution >= 4 is 27.6 Å². The molecule has 106 valence electrons. The molecule has 1 aliphatic carbocycles. The van der Waals surface area contributed by atoms with Crippen LogP contribution < -0.4 is 5.32 Å². The first-order valence-electron chi connectivity index (χ1n) is 6.61. The number of halogens is 1. The van der Waals surface area contributed by atoms with Crippen molar-refractivity contribution < 1.29 is 14.0 Å². The molecule has 0 radical (unpaired) electrons. The van der Waals surface area contributed by atoms with Crippen LogP contribution in [0.5, 0.6) is 0 Å². The molecule has 0 aliphatic heterocycles.